The first kappa shape index (κ1) is 15.3. The average molecular weight is 300 g/mol. The van der Waals surface area contributed by atoms with Crippen LogP contribution in [0.2, 0.25) is 0 Å². The molecule has 22 heavy (non-hydrogen) atoms. The monoisotopic (exact) mass is 300 g/mol. The molecule has 0 aromatic heterocycles. The highest BCUT2D eigenvalue weighted by molar-refractivity contribution is 5.88. The van der Waals surface area contributed by atoms with Gasteiger partial charge in [-0.1, -0.05) is 36.4 Å². The first-order valence-corrected chi connectivity index (χ1v) is 7.92. The standard InChI is InChI=1S/C18H24N2O2/c1-19-9-11-20(12-10-19)13-16(21)14-22-18-8-4-6-15-5-2-3-7-17(15)18/h2-8,16,21H,9-14H2,1H3/t16-/m0/s1. The Hall–Kier alpha value is -1.62. The number of ether oxygens (including phenoxy) is 1. The van der Waals surface area contributed by atoms with Crippen LogP contribution in [0.25, 0.3) is 10.8 Å². The van der Waals surface area contributed by atoms with Crippen molar-refractivity contribution in [3.05, 3.63) is 42.5 Å². The Kier molecular flexibility index (Phi) is 4.93. The van der Waals surface area contributed by atoms with Gasteiger partial charge in [0.1, 0.15) is 18.5 Å². The smallest absolute Gasteiger partial charge is 0.127 e. The maximum absolute atomic E-state index is 10.2. The third-order valence-electron chi connectivity index (χ3n) is 4.25. The summed E-state index contributed by atoms with van der Waals surface area (Å²) in [5.41, 5.74) is 0. The summed E-state index contributed by atoms with van der Waals surface area (Å²) in [6.07, 6.45) is -0.456. The molecular formula is C18H24N2O2. The molecule has 0 radical (unpaired) electrons. The zero-order valence-electron chi connectivity index (χ0n) is 13.1. The molecule has 0 unspecified atom stereocenters. The minimum absolute atomic E-state index is 0.334. The lowest BCUT2D eigenvalue weighted by molar-refractivity contribution is 0.0509. The van der Waals surface area contributed by atoms with Gasteiger partial charge >= 0.3 is 0 Å². The summed E-state index contributed by atoms with van der Waals surface area (Å²) in [4.78, 5) is 4.62. The number of aliphatic hydroxyl groups is 1. The van der Waals surface area contributed by atoms with Crippen LogP contribution >= 0.6 is 0 Å². The van der Waals surface area contributed by atoms with Gasteiger partial charge in [0.05, 0.1) is 0 Å². The highest BCUT2D eigenvalue weighted by Crippen LogP contribution is 2.25. The Labute approximate surface area is 131 Å². The van der Waals surface area contributed by atoms with Crippen molar-refractivity contribution in [1.29, 1.82) is 0 Å². The minimum atomic E-state index is -0.456. The van der Waals surface area contributed by atoms with Crippen LogP contribution in [0.4, 0.5) is 0 Å². The molecule has 1 aliphatic rings. The Morgan fingerprint density at radius 3 is 2.59 bits per heavy atom. The van der Waals surface area contributed by atoms with E-state index in [0.29, 0.717) is 13.2 Å². The van der Waals surface area contributed by atoms with E-state index in [4.69, 9.17) is 4.74 Å². The van der Waals surface area contributed by atoms with E-state index in [9.17, 15) is 5.11 Å². The summed E-state index contributed by atoms with van der Waals surface area (Å²) in [6.45, 7) is 5.18. The van der Waals surface area contributed by atoms with Gasteiger partial charge in [-0.15, -0.1) is 0 Å². The van der Waals surface area contributed by atoms with Crippen LogP contribution in [0.1, 0.15) is 0 Å². The van der Waals surface area contributed by atoms with Crippen molar-refractivity contribution in [2.45, 2.75) is 6.10 Å². The number of benzene rings is 2. The maximum atomic E-state index is 10.2. The van der Waals surface area contributed by atoms with E-state index >= 15 is 0 Å². The molecule has 2 aromatic carbocycles. The van der Waals surface area contributed by atoms with Gasteiger partial charge in [0, 0.05) is 38.1 Å². The fourth-order valence-electron chi connectivity index (χ4n) is 2.89. The fourth-order valence-corrected chi connectivity index (χ4v) is 2.89. The second-order valence-electron chi connectivity index (χ2n) is 6.05. The van der Waals surface area contributed by atoms with Crippen molar-refractivity contribution in [2.75, 3.05) is 46.4 Å². The molecule has 1 fully saturated rings. The second kappa shape index (κ2) is 7.09. The van der Waals surface area contributed by atoms with E-state index in [1.165, 1.54) is 0 Å². The molecule has 118 valence electrons. The normalized spacial score (nSPS) is 18.5. The summed E-state index contributed by atoms with van der Waals surface area (Å²) in [5, 5.41) is 12.5. The van der Waals surface area contributed by atoms with E-state index in [1.807, 2.05) is 24.3 Å². The SMILES string of the molecule is CN1CCN(C[C@H](O)COc2cccc3ccccc23)CC1. The number of piperazine rings is 1. The van der Waals surface area contributed by atoms with Gasteiger partial charge in [0.15, 0.2) is 0 Å². The molecule has 1 heterocycles. The van der Waals surface area contributed by atoms with Crippen molar-refractivity contribution in [1.82, 2.24) is 9.80 Å². The van der Waals surface area contributed by atoms with Gasteiger partial charge in [0.2, 0.25) is 0 Å². The average Bonchev–Trinajstić information content (AvgIpc) is 2.55. The number of likely N-dealkylation sites (N-methyl/N-ethyl adjacent to an activating group) is 1. The molecule has 1 atom stereocenters. The van der Waals surface area contributed by atoms with E-state index in [2.05, 4.69) is 35.0 Å². The number of fused-ring (bicyclic) bond motifs is 1. The fraction of sp³-hybridized carbons (Fsp3) is 0.444. The van der Waals surface area contributed by atoms with Gasteiger partial charge in [-0.3, -0.25) is 4.90 Å². The van der Waals surface area contributed by atoms with Crippen LogP contribution in [0, 0.1) is 0 Å². The molecule has 1 saturated heterocycles. The molecule has 1 aliphatic heterocycles. The van der Waals surface area contributed by atoms with Crippen molar-refractivity contribution in [2.24, 2.45) is 0 Å². The Balaban J connectivity index is 1.55. The summed E-state index contributed by atoms with van der Waals surface area (Å²) >= 11 is 0. The van der Waals surface area contributed by atoms with Crippen LogP contribution in [0.5, 0.6) is 5.75 Å². The second-order valence-corrected chi connectivity index (χ2v) is 6.05. The molecule has 4 nitrogen and oxygen atoms in total. The lowest BCUT2D eigenvalue weighted by Gasteiger charge is -2.33. The number of aliphatic hydroxyl groups excluding tert-OH is 1. The molecular weight excluding hydrogens is 276 g/mol. The summed E-state index contributed by atoms with van der Waals surface area (Å²) in [5.74, 6) is 0.843. The lowest BCUT2D eigenvalue weighted by atomic mass is 10.1. The van der Waals surface area contributed by atoms with Crippen LogP contribution in [-0.2, 0) is 0 Å². The summed E-state index contributed by atoms with van der Waals surface area (Å²) in [6, 6.07) is 14.2. The largest absolute Gasteiger partial charge is 0.490 e. The van der Waals surface area contributed by atoms with Gasteiger partial charge < -0.3 is 14.7 Å². The number of β-amino-alcohol motifs (C(OH)–C–C–N with tert-alkyl or cyclic N) is 1. The van der Waals surface area contributed by atoms with Gasteiger partial charge in [-0.05, 0) is 18.5 Å². The Morgan fingerprint density at radius 1 is 1.05 bits per heavy atom. The molecule has 4 heteroatoms. The Morgan fingerprint density at radius 2 is 1.77 bits per heavy atom. The number of hydrogen-bond acceptors (Lipinski definition) is 4. The van der Waals surface area contributed by atoms with Crippen LogP contribution in [0.3, 0.4) is 0 Å². The molecule has 0 aliphatic carbocycles. The summed E-state index contributed by atoms with van der Waals surface area (Å²) < 4.78 is 5.86. The van der Waals surface area contributed by atoms with E-state index in [1.54, 1.807) is 0 Å². The molecule has 1 N–H and O–H groups in total. The minimum Gasteiger partial charge on any atom is -0.490 e. The predicted molar refractivity (Wildman–Crippen MR) is 89.4 cm³/mol. The first-order chi connectivity index (χ1) is 10.7. The number of rotatable bonds is 5. The number of nitrogens with zero attached hydrogens (tertiary/aromatic N) is 2. The van der Waals surface area contributed by atoms with Crippen LogP contribution in [0.15, 0.2) is 42.5 Å². The van der Waals surface area contributed by atoms with Gasteiger partial charge in [-0.2, -0.15) is 0 Å². The Bertz CT molecular complexity index is 604. The van der Waals surface area contributed by atoms with E-state index in [-0.39, 0.29) is 0 Å². The van der Waals surface area contributed by atoms with Crippen molar-refractivity contribution >= 4 is 10.8 Å². The molecule has 2 aromatic rings. The van der Waals surface area contributed by atoms with Gasteiger partial charge in [0.25, 0.3) is 0 Å². The topological polar surface area (TPSA) is 35.9 Å². The molecule has 3 rings (SSSR count). The van der Waals surface area contributed by atoms with Crippen molar-refractivity contribution in [3.8, 4) is 5.75 Å². The molecule has 0 amide bonds. The first-order valence-electron chi connectivity index (χ1n) is 7.92. The summed E-state index contributed by atoms with van der Waals surface area (Å²) in [7, 11) is 2.14. The highest BCUT2D eigenvalue weighted by Gasteiger charge is 2.17. The van der Waals surface area contributed by atoms with Crippen molar-refractivity contribution in [3.63, 3.8) is 0 Å². The predicted octanol–water partition coefficient (Wildman–Crippen LogP) is 1.83. The molecule has 0 saturated carbocycles. The zero-order valence-corrected chi connectivity index (χ0v) is 13.1. The van der Waals surface area contributed by atoms with E-state index < -0.39 is 6.10 Å². The lowest BCUT2D eigenvalue weighted by Crippen LogP contribution is -2.47. The third-order valence-corrected chi connectivity index (χ3v) is 4.25. The molecule has 0 spiro atoms. The third kappa shape index (κ3) is 3.77. The zero-order chi connectivity index (χ0) is 15.4. The number of hydrogen-bond donors (Lipinski definition) is 1. The van der Waals surface area contributed by atoms with Crippen LogP contribution in [-0.4, -0.2) is 67.4 Å². The molecule has 0 bridgehead atoms. The maximum Gasteiger partial charge on any atom is 0.127 e. The highest BCUT2D eigenvalue weighted by atomic mass is 16.5. The van der Waals surface area contributed by atoms with Crippen LogP contribution < -0.4 is 4.74 Å². The van der Waals surface area contributed by atoms with Gasteiger partial charge in [-0.25, -0.2) is 0 Å². The van der Waals surface area contributed by atoms with Crippen molar-refractivity contribution < 1.29 is 9.84 Å². The quantitative estimate of drug-likeness (QED) is 0.914. The van der Waals surface area contributed by atoms with E-state index in [0.717, 1.165) is 42.7 Å².